The van der Waals surface area contributed by atoms with Crippen LogP contribution < -0.4 is 5.32 Å². The van der Waals surface area contributed by atoms with Crippen LogP contribution in [-0.2, 0) is 6.54 Å². The summed E-state index contributed by atoms with van der Waals surface area (Å²) in [6.45, 7) is 4.77. The van der Waals surface area contributed by atoms with Gasteiger partial charge < -0.3 is 10.2 Å². The lowest BCUT2D eigenvalue weighted by atomic mass is 10.1. The molecule has 1 saturated heterocycles. The molecule has 1 aliphatic heterocycles. The third-order valence-corrected chi connectivity index (χ3v) is 2.45. The zero-order valence-electron chi connectivity index (χ0n) is 8.79. The Morgan fingerprint density at radius 2 is 2.27 bits per heavy atom. The van der Waals surface area contributed by atoms with Gasteiger partial charge in [0, 0.05) is 19.6 Å². The first kappa shape index (κ1) is 12.0. The number of nitrogens with one attached hydrogen (secondary N) is 2. The van der Waals surface area contributed by atoms with Crippen molar-refractivity contribution in [1.82, 2.24) is 10.2 Å². The van der Waals surface area contributed by atoms with Crippen molar-refractivity contribution in [2.24, 2.45) is 0 Å². The van der Waals surface area contributed by atoms with Gasteiger partial charge in [-0.2, -0.15) is 0 Å². The van der Waals surface area contributed by atoms with Crippen LogP contribution in [0.3, 0.4) is 0 Å². The van der Waals surface area contributed by atoms with E-state index in [1.807, 2.05) is 0 Å². The number of guanidine groups is 1. The van der Waals surface area contributed by atoms with Crippen LogP contribution in [0, 0.1) is 12.3 Å². The van der Waals surface area contributed by atoms with Gasteiger partial charge in [0.05, 0.1) is 0 Å². The van der Waals surface area contributed by atoms with Crippen LogP contribution in [0.15, 0.2) is 24.3 Å². The molecule has 0 spiro atoms. The van der Waals surface area contributed by atoms with E-state index >= 15 is 0 Å². The van der Waals surface area contributed by atoms with Crippen LogP contribution in [-0.4, -0.2) is 23.9 Å². The first-order chi connectivity index (χ1) is 6.75. The van der Waals surface area contributed by atoms with Gasteiger partial charge >= 0.3 is 0 Å². The molecule has 82 valence electrons. The van der Waals surface area contributed by atoms with Crippen molar-refractivity contribution in [1.29, 1.82) is 5.41 Å². The van der Waals surface area contributed by atoms with E-state index in [0.29, 0.717) is 5.96 Å². The van der Waals surface area contributed by atoms with Gasteiger partial charge in [-0.1, -0.05) is 29.8 Å². The predicted octanol–water partition coefficient (Wildman–Crippen LogP) is 1.91. The molecule has 2 N–H and O–H groups in total. The molecule has 0 amide bonds. The third-order valence-electron chi connectivity index (χ3n) is 2.45. The molecular weight excluding hydrogens is 254 g/mol. The lowest BCUT2D eigenvalue weighted by Crippen LogP contribution is -2.28. The Morgan fingerprint density at radius 3 is 2.87 bits per heavy atom. The van der Waals surface area contributed by atoms with Gasteiger partial charge in [0.15, 0.2) is 5.96 Å². The monoisotopic (exact) mass is 269 g/mol. The molecule has 4 heteroatoms. The smallest absolute Gasteiger partial charge is 0.191 e. The topological polar surface area (TPSA) is 39.1 Å². The second-order valence-corrected chi connectivity index (χ2v) is 3.69. The van der Waals surface area contributed by atoms with E-state index in [4.69, 9.17) is 5.41 Å². The van der Waals surface area contributed by atoms with E-state index < -0.39 is 0 Å². The minimum absolute atomic E-state index is 0. The highest BCUT2D eigenvalue weighted by Crippen LogP contribution is 2.08. The average molecular weight is 270 g/mol. The number of benzene rings is 1. The van der Waals surface area contributed by atoms with Crippen LogP contribution in [0.2, 0.25) is 0 Å². The Kier molecular flexibility index (Phi) is 4.15. The van der Waals surface area contributed by atoms with Crippen LogP contribution in [0.4, 0.5) is 0 Å². The van der Waals surface area contributed by atoms with E-state index in [9.17, 15) is 0 Å². The van der Waals surface area contributed by atoms with E-state index in [2.05, 4.69) is 41.4 Å². The fraction of sp³-hybridized carbons (Fsp3) is 0.364. The first-order valence-electron chi connectivity index (χ1n) is 4.88. The number of rotatable bonds is 2. The Hall–Kier alpha value is -1.03. The largest absolute Gasteiger partial charge is 0.355 e. The molecule has 1 fully saturated rings. The maximum absolute atomic E-state index is 7.62. The molecule has 0 radical (unpaired) electrons. The van der Waals surface area contributed by atoms with Crippen molar-refractivity contribution in [3.63, 3.8) is 0 Å². The van der Waals surface area contributed by atoms with Crippen molar-refractivity contribution in [3.05, 3.63) is 35.4 Å². The van der Waals surface area contributed by atoms with Crippen LogP contribution in [0.1, 0.15) is 11.1 Å². The fourth-order valence-corrected chi connectivity index (χ4v) is 1.72. The summed E-state index contributed by atoms with van der Waals surface area (Å²) in [6, 6.07) is 8.44. The molecular formula is C11H16BrN3. The fourth-order valence-electron chi connectivity index (χ4n) is 1.72. The minimum atomic E-state index is 0. The standard InChI is InChI=1S/C11H15N3.BrH/c1-9-3-2-4-10(7-9)8-14-6-5-13-11(14)12;/h2-4,7H,5-6,8H2,1H3,(H2,12,13);1H. The second kappa shape index (κ2) is 5.16. The minimum Gasteiger partial charge on any atom is -0.355 e. The summed E-state index contributed by atoms with van der Waals surface area (Å²) in [5.41, 5.74) is 2.56. The quantitative estimate of drug-likeness (QED) is 0.861. The average Bonchev–Trinajstić information content (AvgIpc) is 2.52. The molecule has 0 bridgehead atoms. The SMILES string of the molecule is Br.Cc1cccc(CN2CCNC2=N)c1. The van der Waals surface area contributed by atoms with Crippen molar-refractivity contribution in [3.8, 4) is 0 Å². The predicted molar refractivity (Wildman–Crippen MR) is 67.6 cm³/mol. The van der Waals surface area contributed by atoms with Gasteiger partial charge in [0.2, 0.25) is 0 Å². The Labute approximate surface area is 101 Å². The highest BCUT2D eigenvalue weighted by Gasteiger charge is 2.15. The molecule has 0 saturated carbocycles. The summed E-state index contributed by atoms with van der Waals surface area (Å²) in [5, 5.41) is 10.6. The van der Waals surface area contributed by atoms with Crippen molar-refractivity contribution < 1.29 is 0 Å². The molecule has 1 aromatic carbocycles. The lowest BCUT2D eigenvalue weighted by Gasteiger charge is -2.16. The van der Waals surface area contributed by atoms with E-state index in [1.54, 1.807) is 0 Å². The number of aryl methyl sites for hydroxylation is 1. The molecule has 15 heavy (non-hydrogen) atoms. The van der Waals surface area contributed by atoms with Crippen LogP contribution >= 0.6 is 17.0 Å². The van der Waals surface area contributed by atoms with E-state index in [0.717, 1.165) is 19.6 Å². The highest BCUT2D eigenvalue weighted by molar-refractivity contribution is 8.93. The third kappa shape index (κ3) is 2.96. The molecule has 0 atom stereocenters. The Balaban J connectivity index is 0.00000112. The number of halogens is 1. The Bertz CT molecular complexity index is 351. The zero-order chi connectivity index (χ0) is 9.97. The molecule has 1 aromatic rings. The molecule has 1 aliphatic rings. The molecule has 0 aromatic heterocycles. The molecule has 0 unspecified atom stereocenters. The molecule has 2 rings (SSSR count). The lowest BCUT2D eigenvalue weighted by molar-refractivity contribution is 0.454. The first-order valence-corrected chi connectivity index (χ1v) is 4.88. The van der Waals surface area contributed by atoms with Gasteiger partial charge in [-0.3, -0.25) is 5.41 Å². The summed E-state index contributed by atoms with van der Waals surface area (Å²) in [4.78, 5) is 2.05. The summed E-state index contributed by atoms with van der Waals surface area (Å²) in [5.74, 6) is 0.548. The summed E-state index contributed by atoms with van der Waals surface area (Å²) in [7, 11) is 0. The van der Waals surface area contributed by atoms with Crippen molar-refractivity contribution in [2.75, 3.05) is 13.1 Å². The zero-order valence-corrected chi connectivity index (χ0v) is 10.5. The molecule has 3 nitrogen and oxygen atoms in total. The van der Waals surface area contributed by atoms with Gasteiger partial charge in [0.1, 0.15) is 0 Å². The van der Waals surface area contributed by atoms with Gasteiger partial charge in [-0.05, 0) is 12.5 Å². The summed E-state index contributed by atoms with van der Waals surface area (Å²) in [6.07, 6.45) is 0. The van der Waals surface area contributed by atoms with E-state index in [1.165, 1.54) is 11.1 Å². The van der Waals surface area contributed by atoms with E-state index in [-0.39, 0.29) is 17.0 Å². The Morgan fingerprint density at radius 1 is 1.47 bits per heavy atom. The summed E-state index contributed by atoms with van der Waals surface area (Å²) >= 11 is 0. The highest BCUT2D eigenvalue weighted by atomic mass is 79.9. The van der Waals surface area contributed by atoms with Crippen molar-refractivity contribution >= 4 is 22.9 Å². The maximum Gasteiger partial charge on any atom is 0.191 e. The van der Waals surface area contributed by atoms with Gasteiger partial charge in [-0.25, -0.2) is 0 Å². The molecule has 0 aliphatic carbocycles. The van der Waals surface area contributed by atoms with Crippen molar-refractivity contribution in [2.45, 2.75) is 13.5 Å². The maximum atomic E-state index is 7.62. The summed E-state index contributed by atoms with van der Waals surface area (Å²) < 4.78 is 0. The van der Waals surface area contributed by atoms with Gasteiger partial charge in [0.25, 0.3) is 0 Å². The number of nitrogens with zero attached hydrogens (tertiary/aromatic N) is 1. The van der Waals surface area contributed by atoms with Crippen LogP contribution in [0.25, 0.3) is 0 Å². The normalized spacial score (nSPS) is 14.7. The number of hydrogen-bond acceptors (Lipinski definition) is 1. The number of hydrogen-bond donors (Lipinski definition) is 2. The second-order valence-electron chi connectivity index (χ2n) is 3.69. The van der Waals surface area contributed by atoms with Crippen LogP contribution in [0.5, 0.6) is 0 Å². The van der Waals surface area contributed by atoms with Gasteiger partial charge in [-0.15, -0.1) is 17.0 Å². The molecule has 1 heterocycles.